The third kappa shape index (κ3) is 3.71. The van der Waals surface area contributed by atoms with E-state index in [-0.39, 0.29) is 0 Å². The van der Waals surface area contributed by atoms with Gasteiger partial charge in [-0.25, -0.2) is 4.98 Å². The van der Waals surface area contributed by atoms with Crippen LogP contribution in [0.15, 0.2) is 36.8 Å². The molecule has 2 N–H and O–H groups in total. The van der Waals surface area contributed by atoms with Gasteiger partial charge in [-0.15, -0.1) is 0 Å². The minimum absolute atomic E-state index is 0.929. The highest BCUT2D eigenvalue weighted by molar-refractivity contribution is 5.22. The predicted molar refractivity (Wildman–Crippen MR) is 69.8 cm³/mol. The maximum Gasteiger partial charge on any atom is 0.0921 e. The molecule has 0 unspecified atom stereocenters. The van der Waals surface area contributed by atoms with Crippen LogP contribution in [0.1, 0.15) is 23.7 Å². The number of benzene rings is 1. The summed E-state index contributed by atoms with van der Waals surface area (Å²) in [5.74, 6) is 0. The van der Waals surface area contributed by atoms with Gasteiger partial charge >= 0.3 is 0 Å². The Morgan fingerprint density at radius 2 is 1.94 bits per heavy atom. The predicted octanol–water partition coefficient (Wildman–Crippen LogP) is 2.30. The highest BCUT2D eigenvalue weighted by atomic mass is 14.9. The smallest absolute Gasteiger partial charge is 0.0921 e. The van der Waals surface area contributed by atoms with Crippen molar-refractivity contribution in [3.63, 3.8) is 0 Å². The van der Waals surface area contributed by atoms with E-state index in [0.29, 0.717) is 0 Å². The van der Waals surface area contributed by atoms with Crippen LogP contribution < -0.4 is 5.32 Å². The molecule has 0 saturated carbocycles. The van der Waals surface area contributed by atoms with Crippen LogP contribution in [0.3, 0.4) is 0 Å². The first-order valence-corrected chi connectivity index (χ1v) is 6.14. The van der Waals surface area contributed by atoms with Crippen LogP contribution in [0.5, 0.6) is 0 Å². The molecule has 0 saturated heterocycles. The van der Waals surface area contributed by atoms with E-state index < -0.39 is 0 Å². The Kier molecular flexibility index (Phi) is 4.33. The maximum absolute atomic E-state index is 3.99. The number of hydrogen-bond acceptors (Lipinski definition) is 2. The van der Waals surface area contributed by atoms with Gasteiger partial charge in [0.15, 0.2) is 0 Å². The summed E-state index contributed by atoms with van der Waals surface area (Å²) in [6.07, 6.45) is 5.69. The first-order chi connectivity index (χ1) is 8.38. The molecule has 2 rings (SSSR count). The molecule has 3 nitrogen and oxygen atoms in total. The highest BCUT2D eigenvalue weighted by Crippen LogP contribution is 2.04. The third-order valence-electron chi connectivity index (χ3n) is 2.89. The van der Waals surface area contributed by atoms with Crippen LogP contribution in [0.25, 0.3) is 0 Å². The zero-order valence-electron chi connectivity index (χ0n) is 10.2. The number of aryl methyl sites for hydroxylation is 1. The summed E-state index contributed by atoms with van der Waals surface area (Å²) in [6, 6.07) is 8.79. The van der Waals surface area contributed by atoms with Gasteiger partial charge in [0, 0.05) is 31.4 Å². The number of rotatable bonds is 6. The van der Waals surface area contributed by atoms with Crippen molar-refractivity contribution < 1.29 is 0 Å². The molecular formula is C14H19N3. The van der Waals surface area contributed by atoms with Gasteiger partial charge in [0.2, 0.25) is 0 Å². The molecule has 0 fully saturated rings. The summed E-state index contributed by atoms with van der Waals surface area (Å²) in [7, 11) is 0. The molecule has 0 radical (unpaired) electrons. The third-order valence-corrected chi connectivity index (χ3v) is 2.89. The van der Waals surface area contributed by atoms with Gasteiger partial charge in [0.25, 0.3) is 0 Å². The second-order valence-electron chi connectivity index (χ2n) is 4.17. The number of imidazole rings is 1. The monoisotopic (exact) mass is 229 g/mol. The summed E-state index contributed by atoms with van der Waals surface area (Å²) in [5, 5.41) is 3.43. The number of aromatic nitrogens is 2. The normalized spacial score (nSPS) is 10.6. The van der Waals surface area contributed by atoms with Crippen molar-refractivity contribution >= 4 is 0 Å². The van der Waals surface area contributed by atoms with E-state index >= 15 is 0 Å². The standard InChI is InChI=1S/C14H19N3/c1-2-12-3-5-13(6-4-12)9-15-8-7-14-10-16-11-17-14/h3-6,10-11,15H,2,7-9H2,1H3,(H,16,17). The Balaban J connectivity index is 1.70. The molecule has 0 aliphatic carbocycles. The van der Waals surface area contributed by atoms with Gasteiger partial charge in [0.1, 0.15) is 0 Å². The minimum atomic E-state index is 0.929. The molecule has 0 aliphatic rings. The first kappa shape index (κ1) is 11.9. The molecule has 90 valence electrons. The number of nitrogens with one attached hydrogen (secondary N) is 2. The lowest BCUT2D eigenvalue weighted by Gasteiger charge is -2.05. The summed E-state index contributed by atoms with van der Waals surface area (Å²) in [5.41, 5.74) is 3.91. The summed E-state index contributed by atoms with van der Waals surface area (Å²) in [6.45, 7) is 4.08. The Hall–Kier alpha value is -1.61. The zero-order chi connectivity index (χ0) is 11.9. The Morgan fingerprint density at radius 3 is 2.59 bits per heavy atom. The fourth-order valence-electron chi connectivity index (χ4n) is 1.77. The maximum atomic E-state index is 3.99. The topological polar surface area (TPSA) is 40.7 Å². The summed E-state index contributed by atoms with van der Waals surface area (Å²) < 4.78 is 0. The lowest BCUT2D eigenvalue weighted by molar-refractivity contribution is 0.681. The van der Waals surface area contributed by atoms with E-state index in [1.807, 2.05) is 6.20 Å². The Labute approximate surface area is 102 Å². The molecule has 0 atom stereocenters. The summed E-state index contributed by atoms with van der Waals surface area (Å²) >= 11 is 0. The summed E-state index contributed by atoms with van der Waals surface area (Å²) in [4.78, 5) is 7.09. The molecule has 0 amide bonds. The van der Waals surface area contributed by atoms with E-state index in [1.165, 1.54) is 16.8 Å². The Morgan fingerprint density at radius 1 is 1.18 bits per heavy atom. The van der Waals surface area contributed by atoms with Crippen LogP contribution in [0.4, 0.5) is 0 Å². The lowest BCUT2D eigenvalue weighted by atomic mass is 10.1. The molecule has 1 heterocycles. The number of hydrogen-bond donors (Lipinski definition) is 2. The van der Waals surface area contributed by atoms with E-state index in [2.05, 4.69) is 46.5 Å². The fraction of sp³-hybridized carbons (Fsp3) is 0.357. The van der Waals surface area contributed by atoms with Crippen molar-refractivity contribution in [2.24, 2.45) is 0 Å². The molecular weight excluding hydrogens is 210 g/mol. The van der Waals surface area contributed by atoms with Gasteiger partial charge in [0.05, 0.1) is 6.33 Å². The van der Waals surface area contributed by atoms with Gasteiger partial charge in [-0.3, -0.25) is 0 Å². The number of nitrogens with zero attached hydrogens (tertiary/aromatic N) is 1. The van der Waals surface area contributed by atoms with Crippen molar-refractivity contribution in [3.8, 4) is 0 Å². The van der Waals surface area contributed by atoms with Crippen LogP contribution in [-0.2, 0) is 19.4 Å². The van der Waals surface area contributed by atoms with Gasteiger partial charge in [-0.05, 0) is 17.5 Å². The molecule has 0 spiro atoms. The van der Waals surface area contributed by atoms with Crippen molar-refractivity contribution in [1.29, 1.82) is 0 Å². The van der Waals surface area contributed by atoms with E-state index in [9.17, 15) is 0 Å². The average Bonchev–Trinajstić information content (AvgIpc) is 2.88. The molecule has 1 aromatic heterocycles. The lowest BCUT2D eigenvalue weighted by Crippen LogP contribution is -2.16. The first-order valence-electron chi connectivity index (χ1n) is 6.14. The SMILES string of the molecule is CCc1ccc(CNCCc2cnc[nH]2)cc1. The van der Waals surface area contributed by atoms with Crippen LogP contribution in [0.2, 0.25) is 0 Å². The van der Waals surface area contributed by atoms with Crippen molar-refractivity contribution in [2.75, 3.05) is 6.54 Å². The van der Waals surface area contributed by atoms with Crippen molar-refractivity contribution in [2.45, 2.75) is 26.3 Å². The highest BCUT2D eigenvalue weighted by Gasteiger charge is 1.95. The fourth-order valence-corrected chi connectivity index (χ4v) is 1.77. The molecule has 17 heavy (non-hydrogen) atoms. The van der Waals surface area contributed by atoms with E-state index in [0.717, 1.165) is 25.9 Å². The average molecular weight is 229 g/mol. The van der Waals surface area contributed by atoms with Crippen molar-refractivity contribution in [3.05, 3.63) is 53.6 Å². The molecule has 1 aromatic carbocycles. The van der Waals surface area contributed by atoms with Gasteiger partial charge < -0.3 is 10.3 Å². The van der Waals surface area contributed by atoms with Gasteiger partial charge in [-0.1, -0.05) is 31.2 Å². The Bertz CT molecular complexity index is 417. The number of aromatic amines is 1. The minimum Gasteiger partial charge on any atom is -0.348 e. The molecule has 2 aromatic rings. The molecule has 3 heteroatoms. The number of H-pyrrole nitrogens is 1. The van der Waals surface area contributed by atoms with Gasteiger partial charge in [-0.2, -0.15) is 0 Å². The zero-order valence-corrected chi connectivity index (χ0v) is 10.2. The molecule has 0 bridgehead atoms. The second kappa shape index (κ2) is 6.21. The van der Waals surface area contributed by atoms with Crippen LogP contribution in [0, 0.1) is 0 Å². The van der Waals surface area contributed by atoms with E-state index in [1.54, 1.807) is 6.33 Å². The van der Waals surface area contributed by atoms with E-state index in [4.69, 9.17) is 0 Å². The van der Waals surface area contributed by atoms with Crippen LogP contribution >= 0.6 is 0 Å². The molecule has 0 aliphatic heterocycles. The quantitative estimate of drug-likeness (QED) is 0.746. The van der Waals surface area contributed by atoms with Crippen LogP contribution in [-0.4, -0.2) is 16.5 Å². The second-order valence-corrected chi connectivity index (χ2v) is 4.17. The van der Waals surface area contributed by atoms with Crippen molar-refractivity contribution in [1.82, 2.24) is 15.3 Å². The largest absolute Gasteiger partial charge is 0.348 e.